The molecule has 0 spiro atoms. The lowest BCUT2D eigenvalue weighted by Crippen LogP contribution is -2.03. The minimum absolute atomic E-state index is 0.600. The van der Waals surface area contributed by atoms with Gasteiger partial charge in [-0.15, -0.1) is 11.3 Å². The molecule has 0 aliphatic carbocycles. The van der Waals surface area contributed by atoms with Gasteiger partial charge in [-0.1, -0.05) is 13.8 Å². The van der Waals surface area contributed by atoms with E-state index < -0.39 is 0 Å². The number of anilines is 1. The van der Waals surface area contributed by atoms with Crippen LogP contribution in [-0.4, -0.2) is 17.0 Å². The average molecular weight is 261 g/mol. The van der Waals surface area contributed by atoms with Crippen LogP contribution in [0.3, 0.4) is 0 Å². The zero-order chi connectivity index (χ0) is 13.1. The Morgan fingerprint density at radius 2 is 2.06 bits per heavy atom. The minimum Gasteiger partial charge on any atom is -0.373 e. The van der Waals surface area contributed by atoms with Gasteiger partial charge < -0.3 is 5.32 Å². The van der Waals surface area contributed by atoms with Gasteiger partial charge in [0, 0.05) is 23.7 Å². The van der Waals surface area contributed by atoms with Gasteiger partial charge in [-0.25, -0.2) is 9.97 Å². The molecule has 0 aromatic carbocycles. The highest BCUT2D eigenvalue weighted by molar-refractivity contribution is 7.15. The van der Waals surface area contributed by atoms with Crippen molar-refractivity contribution in [3.05, 3.63) is 28.8 Å². The smallest absolute Gasteiger partial charge is 0.171 e. The second-order valence-electron chi connectivity index (χ2n) is 4.83. The predicted octanol–water partition coefficient (Wildman–Crippen LogP) is 3.75. The van der Waals surface area contributed by atoms with E-state index in [4.69, 9.17) is 0 Å². The fourth-order valence-electron chi connectivity index (χ4n) is 1.81. The molecule has 0 radical (unpaired) electrons. The van der Waals surface area contributed by atoms with E-state index in [9.17, 15) is 0 Å². The van der Waals surface area contributed by atoms with Gasteiger partial charge in [0.1, 0.15) is 5.82 Å². The highest BCUT2D eigenvalue weighted by Crippen LogP contribution is 2.26. The molecule has 0 aliphatic rings. The van der Waals surface area contributed by atoms with Crippen LogP contribution in [0.15, 0.2) is 18.2 Å². The van der Waals surface area contributed by atoms with Crippen LogP contribution in [0.1, 0.15) is 24.4 Å². The summed E-state index contributed by atoms with van der Waals surface area (Å²) in [5.41, 5.74) is 1.10. The summed E-state index contributed by atoms with van der Waals surface area (Å²) in [5, 5.41) is 3.11. The Labute approximate surface area is 112 Å². The van der Waals surface area contributed by atoms with E-state index in [1.165, 1.54) is 4.88 Å². The Hall–Kier alpha value is -1.42. The van der Waals surface area contributed by atoms with Crippen molar-refractivity contribution in [3.63, 3.8) is 0 Å². The Morgan fingerprint density at radius 3 is 2.61 bits per heavy atom. The van der Waals surface area contributed by atoms with E-state index in [2.05, 4.69) is 48.2 Å². The fourth-order valence-corrected chi connectivity index (χ4v) is 2.61. The highest BCUT2D eigenvalue weighted by atomic mass is 32.1. The molecule has 0 atom stereocenters. The normalized spacial score (nSPS) is 10.9. The summed E-state index contributed by atoms with van der Waals surface area (Å²) >= 11 is 1.73. The number of hydrogen-bond donors (Lipinski definition) is 1. The first kappa shape index (κ1) is 13.0. The van der Waals surface area contributed by atoms with Gasteiger partial charge >= 0.3 is 0 Å². The van der Waals surface area contributed by atoms with Crippen molar-refractivity contribution in [2.45, 2.75) is 27.2 Å². The Balaban J connectivity index is 2.40. The summed E-state index contributed by atoms with van der Waals surface area (Å²) in [6.45, 7) is 6.51. The molecular weight excluding hydrogens is 242 g/mol. The largest absolute Gasteiger partial charge is 0.373 e. The van der Waals surface area contributed by atoms with E-state index in [0.717, 1.165) is 28.6 Å². The van der Waals surface area contributed by atoms with Crippen molar-refractivity contribution in [2.24, 2.45) is 5.92 Å². The van der Waals surface area contributed by atoms with Crippen LogP contribution in [0.2, 0.25) is 0 Å². The molecule has 3 nitrogen and oxygen atoms in total. The summed E-state index contributed by atoms with van der Waals surface area (Å²) in [7, 11) is 1.89. The van der Waals surface area contributed by atoms with Crippen molar-refractivity contribution in [3.8, 4) is 10.7 Å². The van der Waals surface area contributed by atoms with Gasteiger partial charge in [-0.05, 0) is 31.4 Å². The molecule has 2 rings (SSSR count). The molecule has 0 saturated heterocycles. The standard InChI is InChI=1S/C14H19N3S/c1-9(2)7-11-8-13(15-4)17-14(16-11)12-6-5-10(3)18-12/h5-6,8-9H,7H2,1-4H3,(H,15,16,17). The van der Waals surface area contributed by atoms with Gasteiger partial charge in [-0.3, -0.25) is 0 Å². The summed E-state index contributed by atoms with van der Waals surface area (Å²) < 4.78 is 0. The third-order valence-electron chi connectivity index (χ3n) is 2.61. The summed E-state index contributed by atoms with van der Waals surface area (Å²) in [6.07, 6.45) is 0.981. The molecule has 0 unspecified atom stereocenters. The Bertz CT molecular complexity index is 532. The molecule has 0 bridgehead atoms. The number of nitrogens with zero attached hydrogens (tertiary/aromatic N) is 2. The first-order chi connectivity index (χ1) is 8.58. The number of aromatic nitrogens is 2. The maximum absolute atomic E-state index is 4.66. The number of rotatable bonds is 4. The molecule has 2 heterocycles. The monoisotopic (exact) mass is 261 g/mol. The van der Waals surface area contributed by atoms with Gasteiger partial charge in [0.05, 0.1) is 4.88 Å². The van der Waals surface area contributed by atoms with Gasteiger partial charge in [-0.2, -0.15) is 0 Å². The number of nitrogens with one attached hydrogen (secondary N) is 1. The van der Waals surface area contributed by atoms with E-state index >= 15 is 0 Å². The zero-order valence-electron chi connectivity index (χ0n) is 11.3. The molecule has 96 valence electrons. The first-order valence-electron chi connectivity index (χ1n) is 6.21. The van der Waals surface area contributed by atoms with Gasteiger partial charge in [0.15, 0.2) is 5.82 Å². The lowest BCUT2D eigenvalue weighted by Gasteiger charge is -2.08. The average Bonchev–Trinajstić information content (AvgIpc) is 2.74. The molecule has 4 heteroatoms. The maximum Gasteiger partial charge on any atom is 0.171 e. The molecule has 2 aromatic rings. The zero-order valence-corrected chi connectivity index (χ0v) is 12.1. The SMILES string of the molecule is CNc1cc(CC(C)C)nc(-c2ccc(C)s2)n1. The molecule has 0 saturated carbocycles. The minimum atomic E-state index is 0.600. The van der Waals surface area contributed by atoms with Crippen LogP contribution >= 0.6 is 11.3 Å². The van der Waals surface area contributed by atoms with Crippen molar-refractivity contribution in [2.75, 3.05) is 12.4 Å². The van der Waals surface area contributed by atoms with E-state index in [0.29, 0.717) is 5.92 Å². The van der Waals surface area contributed by atoms with Crippen LogP contribution in [-0.2, 0) is 6.42 Å². The third-order valence-corrected chi connectivity index (χ3v) is 3.61. The van der Waals surface area contributed by atoms with Crippen LogP contribution in [0.4, 0.5) is 5.82 Å². The van der Waals surface area contributed by atoms with E-state index in [-0.39, 0.29) is 0 Å². The second kappa shape index (κ2) is 5.48. The van der Waals surface area contributed by atoms with Crippen LogP contribution in [0, 0.1) is 12.8 Å². The van der Waals surface area contributed by atoms with Crippen LogP contribution in [0.25, 0.3) is 10.7 Å². The Kier molecular flexibility index (Phi) is 3.97. The lowest BCUT2D eigenvalue weighted by molar-refractivity contribution is 0.635. The second-order valence-corrected chi connectivity index (χ2v) is 6.11. The van der Waals surface area contributed by atoms with Gasteiger partial charge in [0.25, 0.3) is 0 Å². The van der Waals surface area contributed by atoms with Crippen molar-refractivity contribution in [1.29, 1.82) is 0 Å². The third kappa shape index (κ3) is 3.07. The van der Waals surface area contributed by atoms with Crippen molar-refractivity contribution >= 4 is 17.2 Å². The molecule has 2 aromatic heterocycles. The van der Waals surface area contributed by atoms with E-state index in [1.54, 1.807) is 11.3 Å². The van der Waals surface area contributed by atoms with Crippen LogP contribution < -0.4 is 5.32 Å². The lowest BCUT2D eigenvalue weighted by atomic mass is 10.1. The highest BCUT2D eigenvalue weighted by Gasteiger charge is 2.09. The van der Waals surface area contributed by atoms with E-state index in [1.807, 2.05) is 13.1 Å². The molecule has 1 N–H and O–H groups in total. The molecule has 0 aliphatic heterocycles. The molecular formula is C14H19N3S. The summed E-state index contributed by atoms with van der Waals surface area (Å²) in [4.78, 5) is 11.6. The number of thiophene rings is 1. The van der Waals surface area contributed by atoms with Crippen molar-refractivity contribution < 1.29 is 0 Å². The predicted molar refractivity (Wildman–Crippen MR) is 78.2 cm³/mol. The summed E-state index contributed by atoms with van der Waals surface area (Å²) in [5.74, 6) is 2.32. The number of aryl methyl sites for hydroxylation is 1. The summed E-state index contributed by atoms with van der Waals surface area (Å²) in [6, 6.07) is 6.23. The maximum atomic E-state index is 4.66. The van der Waals surface area contributed by atoms with Crippen molar-refractivity contribution in [1.82, 2.24) is 9.97 Å². The first-order valence-corrected chi connectivity index (χ1v) is 7.02. The fraction of sp³-hybridized carbons (Fsp3) is 0.429. The topological polar surface area (TPSA) is 37.8 Å². The van der Waals surface area contributed by atoms with Crippen LogP contribution in [0.5, 0.6) is 0 Å². The molecule has 18 heavy (non-hydrogen) atoms. The Morgan fingerprint density at radius 1 is 1.28 bits per heavy atom. The van der Waals surface area contributed by atoms with Gasteiger partial charge in [0.2, 0.25) is 0 Å². The number of hydrogen-bond acceptors (Lipinski definition) is 4. The molecule has 0 fully saturated rings. The quantitative estimate of drug-likeness (QED) is 0.910. The molecule has 0 amide bonds.